The Labute approximate surface area is 135 Å². The van der Waals surface area contributed by atoms with Gasteiger partial charge in [0, 0.05) is 0 Å². The maximum Gasteiger partial charge on any atom is 0.338 e. The predicted octanol–water partition coefficient (Wildman–Crippen LogP) is 2.16. The van der Waals surface area contributed by atoms with Crippen LogP contribution in [0.2, 0.25) is 0 Å². The summed E-state index contributed by atoms with van der Waals surface area (Å²) in [6.07, 6.45) is -1.06. The van der Waals surface area contributed by atoms with Gasteiger partial charge in [-0.2, -0.15) is 10.5 Å². The summed E-state index contributed by atoms with van der Waals surface area (Å²) in [6, 6.07) is 10.00. The van der Waals surface area contributed by atoms with Gasteiger partial charge in [-0.05, 0) is 38.0 Å². The van der Waals surface area contributed by atoms with Crippen LogP contribution in [-0.4, -0.2) is 23.5 Å². The van der Waals surface area contributed by atoms with Crippen LogP contribution in [0.5, 0.6) is 0 Å². The Morgan fingerprint density at radius 2 is 1.91 bits per heavy atom. The number of nitrogens with zero attached hydrogens (tertiary/aromatic N) is 2. The van der Waals surface area contributed by atoms with E-state index in [0.29, 0.717) is 5.56 Å². The third-order valence-electron chi connectivity index (χ3n) is 3.65. The van der Waals surface area contributed by atoms with Gasteiger partial charge in [0.25, 0.3) is 5.91 Å². The van der Waals surface area contributed by atoms with Gasteiger partial charge in [-0.3, -0.25) is 4.79 Å². The summed E-state index contributed by atoms with van der Waals surface area (Å²) < 4.78 is 5.10. The first-order valence-corrected chi connectivity index (χ1v) is 7.18. The van der Waals surface area contributed by atoms with Crippen LogP contribution in [0, 0.1) is 28.6 Å². The topological polar surface area (TPSA) is 103 Å². The number of hydrogen-bond acceptors (Lipinski definition) is 5. The Morgan fingerprint density at radius 1 is 1.26 bits per heavy atom. The second kappa shape index (κ2) is 7.42. The highest BCUT2D eigenvalue weighted by atomic mass is 16.5. The zero-order valence-corrected chi connectivity index (χ0v) is 13.6. The number of amides is 1. The molecule has 23 heavy (non-hydrogen) atoms. The summed E-state index contributed by atoms with van der Waals surface area (Å²) in [5.41, 5.74) is -0.526. The lowest BCUT2D eigenvalue weighted by Crippen LogP contribution is -2.52. The summed E-state index contributed by atoms with van der Waals surface area (Å²) in [5, 5.41) is 20.6. The molecule has 1 amide bonds. The van der Waals surface area contributed by atoms with Crippen LogP contribution in [0.25, 0.3) is 0 Å². The molecule has 1 rings (SSSR count). The fraction of sp³-hybridized carbons (Fsp3) is 0.412. The zero-order chi connectivity index (χ0) is 17.6. The number of rotatable bonds is 5. The van der Waals surface area contributed by atoms with Crippen molar-refractivity contribution in [1.29, 1.82) is 10.5 Å². The molecule has 0 radical (unpaired) electrons. The molecular formula is C17H19N3O3. The van der Waals surface area contributed by atoms with Gasteiger partial charge in [0.2, 0.25) is 0 Å². The van der Waals surface area contributed by atoms with Crippen molar-refractivity contribution in [1.82, 2.24) is 5.32 Å². The molecule has 0 spiro atoms. The lowest BCUT2D eigenvalue weighted by molar-refractivity contribution is -0.130. The fourth-order valence-corrected chi connectivity index (χ4v) is 1.66. The molecular weight excluding hydrogens is 294 g/mol. The highest BCUT2D eigenvalue weighted by Crippen LogP contribution is 2.16. The zero-order valence-electron chi connectivity index (χ0n) is 13.6. The predicted molar refractivity (Wildman–Crippen MR) is 83.0 cm³/mol. The normalized spacial score (nSPS) is 14.0. The number of carbonyl (C=O) groups is 2. The first-order chi connectivity index (χ1) is 10.7. The smallest absolute Gasteiger partial charge is 0.338 e. The summed E-state index contributed by atoms with van der Waals surface area (Å²) >= 11 is 0. The Morgan fingerprint density at radius 3 is 2.43 bits per heavy atom. The molecule has 2 atom stereocenters. The number of hydrogen-bond donors (Lipinski definition) is 1. The van der Waals surface area contributed by atoms with Crippen LogP contribution in [-0.2, 0) is 9.53 Å². The Bertz CT molecular complexity index is 685. The maximum absolute atomic E-state index is 12.1. The first kappa shape index (κ1) is 18.2. The van der Waals surface area contributed by atoms with Crippen LogP contribution in [0.3, 0.4) is 0 Å². The molecule has 0 saturated heterocycles. The third-order valence-corrected chi connectivity index (χ3v) is 3.65. The van der Waals surface area contributed by atoms with Gasteiger partial charge in [-0.25, -0.2) is 4.79 Å². The van der Waals surface area contributed by atoms with E-state index < -0.39 is 23.5 Å². The second-order valence-electron chi connectivity index (χ2n) is 5.70. The van der Waals surface area contributed by atoms with Crippen molar-refractivity contribution in [2.45, 2.75) is 39.3 Å². The van der Waals surface area contributed by atoms with Crippen molar-refractivity contribution in [2.75, 3.05) is 0 Å². The SMILES string of the molecule is CC(OC(=O)c1cccc(C#N)c1)C(=O)NC(C)(C#N)C(C)C. The van der Waals surface area contributed by atoms with Crippen LogP contribution >= 0.6 is 0 Å². The Hall–Kier alpha value is -2.86. The van der Waals surface area contributed by atoms with E-state index in [2.05, 4.69) is 11.4 Å². The molecule has 2 unspecified atom stereocenters. The molecule has 0 bridgehead atoms. The molecule has 0 saturated carbocycles. The van der Waals surface area contributed by atoms with E-state index in [0.717, 1.165) is 0 Å². The number of carbonyl (C=O) groups excluding carboxylic acids is 2. The summed E-state index contributed by atoms with van der Waals surface area (Å²) in [5.74, 6) is -1.35. The molecule has 1 aromatic rings. The Balaban J connectivity index is 2.77. The minimum atomic E-state index is -1.06. The molecule has 0 aromatic heterocycles. The number of nitrogens with one attached hydrogen (secondary N) is 1. The lowest BCUT2D eigenvalue weighted by Gasteiger charge is -2.28. The van der Waals surface area contributed by atoms with Crippen molar-refractivity contribution in [2.24, 2.45) is 5.92 Å². The van der Waals surface area contributed by atoms with Gasteiger partial charge < -0.3 is 10.1 Å². The molecule has 1 N–H and O–H groups in total. The maximum atomic E-state index is 12.1. The summed E-state index contributed by atoms with van der Waals surface area (Å²) in [7, 11) is 0. The molecule has 0 heterocycles. The first-order valence-electron chi connectivity index (χ1n) is 7.18. The van der Waals surface area contributed by atoms with Gasteiger partial charge in [-0.15, -0.1) is 0 Å². The highest BCUT2D eigenvalue weighted by Gasteiger charge is 2.32. The molecule has 0 aliphatic rings. The molecule has 120 valence electrons. The van der Waals surface area contributed by atoms with E-state index in [4.69, 9.17) is 10.00 Å². The van der Waals surface area contributed by atoms with E-state index in [1.807, 2.05) is 19.9 Å². The highest BCUT2D eigenvalue weighted by molar-refractivity contribution is 5.92. The lowest BCUT2D eigenvalue weighted by atomic mass is 9.90. The largest absolute Gasteiger partial charge is 0.449 e. The molecule has 6 heteroatoms. The van der Waals surface area contributed by atoms with E-state index >= 15 is 0 Å². The summed E-state index contributed by atoms with van der Waals surface area (Å²) in [4.78, 5) is 24.1. The van der Waals surface area contributed by atoms with Crippen LogP contribution in [0.4, 0.5) is 0 Å². The van der Waals surface area contributed by atoms with Crippen molar-refractivity contribution >= 4 is 11.9 Å². The van der Waals surface area contributed by atoms with Crippen molar-refractivity contribution in [3.05, 3.63) is 35.4 Å². The minimum absolute atomic E-state index is 0.105. The van der Waals surface area contributed by atoms with Gasteiger partial charge in [-0.1, -0.05) is 19.9 Å². The average Bonchev–Trinajstić information content (AvgIpc) is 2.54. The van der Waals surface area contributed by atoms with E-state index in [1.165, 1.54) is 19.1 Å². The molecule has 1 aromatic carbocycles. The molecule has 0 aliphatic heterocycles. The fourth-order valence-electron chi connectivity index (χ4n) is 1.66. The van der Waals surface area contributed by atoms with Crippen LogP contribution in [0.15, 0.2) is 24.3 Å². The number of esters is 1. The van der Waals surface area contributed by atoms with E-state index in [1.54, 1.807) is 19.1 Å². The molecule has 0 fully saturated rings. The van der Waals surface area contributed by atoms with E-state index in [9.17, 15) is 14.9 Å². The average molecular weight is 313 g/mol. The molecule has 0 aliphatic carbocycles. The summed E-state index contributed by atoms with van der Waals surface area (Å²) in [6.45, 7) is 6.67. The van der Waals surface area contributed by atoms with Gasteiger partial charge in [0.1, 0.15) is 5.54 Å². The monoisotopic (exact) mass is 313 g/mol. The number of nitriles is 2. The third kappa shape index (κ3) is 4.55. The van der Waals surface area contributed by atoms with Gasteiger partial charge in [0.15, 0.2) is 6.10 Å². The van der Waals surface area contributed by atoms with E-state index in [-0.39, 0.29) is 11.5 Å². The van der Waals surface area contributed by atoms with Crippen molar-refractivity contribution in [3.63, 3.8) is 0 Å². The molecule has 6 nitrogen and oxygen atoms in total. The number of benzene rings is 1. The second-order valence-corrected chi connectivity index (χ2v) is 5.70. The van der Waals surface area contributed by atoms with Crippen LogP contribution in [0.1, 0.15) is 43.6 Å². The Kier molecular flexibility index (Phi) is 5.87. The number of ether oxygens (including phenoxy) is 1. The minimum Gasteiger partial charge on any atom is -0.449 e. The quantitative estimate of drug-likeness (QED) is 0.839. The van der Waals surface area contributed by atoms with Gasteiger partial charge >= 0.3 is 5.97 Å². The standard InChI is InChI=1S/C17H19N3O3/c1-11(2)17(4,10-19)20-15(21)12(3)23-16(22)14-7-5-6-13(8-14)9-18/h5-8,11-12H,1-4H3,(H,20,21). The van der Waals surface area contributed by atoms with Crippen molar-refractivity contribution in [3.8, 4) is 12.1 Å². The van der Waals surface area contributed by atoms with Crippen LogP contribution < -0.4 is 5.32 Å². The van der Waals surface area contributed by atoms with Crippen molar-refractivity contribution < 1.29 is 14.3 Å². The van der Waals surface area contributed by atoms with Gasteiger partial charge in [0.05, 0.1) is 23.3 Å².